The van der Waals surface area contributed by atoms with Crippen LogP contribution < -0.4 is 11.1 Å². The van der Waals surface area contributed by atoms with E-state index in [1.165, 1.54) is 0 Å². The van der Waals surface area contributed by atoms with Crippen LogP contribution in [0.5, 0.6) is 0 Å². The number of amides is 3. The summed E-state index contributed by atoms with van der Waals surface area (Å²) in [5.41, 5.74) is 6.32. The number of nitrogens with two attached hydrogens (primary N) is 1. The topological polar surface area (TPSA) is 88.3 Å². The van der Waals surface area contributed by atoms with Gasteiger partial charge in [-0.05, 0) is 18.8 Å². The molecule has 0 spiro atoms. The van der Waals surface area contributed by atoms with Crippen molar-refractivity contribution in [2.75, 3.05) is 13.1 Å². The Morgan fingerprint density at radius 2 is 2.22 bits per heavy atom. The quantitative estimate of drug-likeness (QED) is 0.882. The minimum atomic E-state index is -0.297. The van der Waals surface area contributed by atoms with E-state index in [0.29, 0.717) is 19.5 Å². The average Bonchev–Trinajstić information content (AvgIpc) is 2.93. The molecule has 1 aromatic heterocycles. The zero-order valence-electron chi connectivity index (χ0n) is 14.1. The molecule has 1 aliphatic heterocycles. The van der Waals surface area contributed by atoms with Crippen LogP contribution in [0.3, 0.4) is 0 Å². The van der Waals surface area contributed by atoms with Gasteiger partial charge in [-0.3, -0.25) is 4.79 Å². The standard InChI is InChI=1S/C16H26N4O2S/c1-16(2,3)12-10-23-14(19-12)8-18-15(22)20-6-4-5-11(9-20)7-13(17)21/h10-11H,4-9H2,1-3H3,(H2,17,21)(H,18,22)/t11-/m1/s1. The minimum Gasteiger partial charge on any atom is -0.370 e. The lowest BCUT2D eigenvalue weighted by Crippen LogP contribution is -2.45. The van der Waals surface area contributed by atoms with E-state index in [2.05, 4.69) is 31.1 Å². The highest BCUT2D eigenvalue weighted by molar-refractivity contribution is 7.09. The number of nitrogens with zero attached hydrogens (tertiary/aromatic N) is 2. The number of likely N-dealkylation sites (tertiary alicyclic amines) is 1. The van der Waals surface area contributed by atoms with Gasteiger partial charge in [-0.25, -0.2) is 9.78 Å². The second-order valence-corrected chi connectivity index (χ2v) is 8.10. The van der Waals surface area contributed by atoms with Gasteiger partial charge in [0, 0.05) is 30.3 Å². The predicted molar refractivity (Wildman–Crippen MR) is 91.2 cm³/mol. The Labute approximate surface area is 141 Å². The molecular weight excluding hydrogens is 312 g/mol. The predicted octanol–water partition coefficient (Wildman–Crippen LogP) is 2.24. The first-order chi connectivity index (χ1) is 10.8. The summed E-state index contributed by atoms with van der Waals surface area (Å²) in [6.45, 7) is 8.13. The van der Waals surface area contributed by atoms with E-state index < -0.39 is 0 Å². The summed E-state index contributed by atoms with van der Waals surface area (Å²) < 4.78 is 0. The molecule has 1 aliphatic rings. The second kappa shape index (κ2) is 7.29. The SMILES string of the molecule is CC(C)(C)c1csc(CNC(=O)N2CCC[C@H](CC(N)=O)C2)n1. The maximum absolute atomic E-state index is 12.3. The highest BCUT2D eigenvalue weighted by Gasteiger charge is 2.25. The average molecular weight is 338 g/mol. The van der Waals surface area contributed by atoms with Crippen LogP contribution in [0.15, 0.2) is 5.38 Å². The van der Waals surface area contributed by atoms with Gasteiger partial charge in [-0.15, -0.1) is 11.3 Å². The molecule has 0 aliphatic carbocycles. The minimum absolute atomic E-state index is 0.0214. The number of primary amides is 1. The van der Waals surface area contributed by atoms with Crippen LogP contribution in [-0.4, -0.2) is 34.9 Å². The first kappa shape index (κ1) is 17.7. The molecule has 2 rings (SSSR count). The van der Waals surface area contributed by atoms with E-state index in [1.54, 1.807) is 16.2 Å². The first-order valence-electron chi connectivity index (χ1n) is 8.01. The summed E-state index contributed by atoms with van der Waals surface area (Å²) >= 11 is 1.57. The van der Waals surface area contributed by atoms with E-state index >= 15 is 0 Å². The van der Waals surface area contributed by atoms with Crippen LogP contribution >= 0.6 is 11.3 Å². The molecular formula is C16H26N4O2S. The van der Waals surface area contributed by atoms with E-state index in [4.69, 9.17) is 5.73 Å². The number of urea groups is 1. The number of carbonyl (C=O) groups excluding carboxylic acids is 2. The van der Waals surface area contributed by atoms with Gasteiger partial charge in [0.2, 0.25) is 5.91 Å². The molecule has 23 heavy (non-hydrogen) atoms. The Hall–Kier alpha value is -1.63. The molecule has 3 amide bonds. The molecule has 3 N–H and O–H groups in total. The van der Waals surface area contributed by atoms with Gasteiger partial charge in [0.1, 0.15) is 5.01 Å². The summed E-state index contributed by atoms with van der Waals surface area (Å²) in [5, 5.41) is 5.88. The Morgan fingerprint density at radius 1 is 1.48 bits per heavy atom. The van der Waals surface area contributed by atoms with E-state index in [1.807, 2.05) is 5.38 Å². The lowest BCUT2D eigenvalue weighted by Gasteiger charge is -2.32. The van der Waals surface area contributed by atoms with Crippen LogP contribution in [0.25, 0.3) is 0 Å². The van der Waals surface area contributed by atoms with Gasteiger partial charge >= 0.3 is 6.03 Å². The molecule has 2 heterocycles. The fourth-order valence-electron chi connectivity index (χ4n) is 2.70. The van der Waals surface area contributed by atoms with E-state index in [9.17, 15) is 9.59 Å². The first-order valence-corrected chi connectivity index (χ1v) is 8.89. The third kappa shape index (κ3) is 5.20. The van der Waals surface area contributed by atoms with Crippen molar-refractivity contribution < 1.29 is 9.59 Å². The van der Waals surface area contributed by atoms with Gasteiger partial charge < -0.3 is 16.0 Å². The van der Waals surface area contributed by atoms with Crippen molar-refractivity contribution in [3.8, 4) is 0 Å². The van der Waals surface area contributed by atoms with Gasteiger partial charge in [0.25, 0.3) is 0 Å². The van der Waals surface area contributed by atoms with Crippen molar-refractivity contribution >= 4 is 23.3 Å². The summed E-state index contributed by atoms with van der Waals surface area (Å²) in [5.74, 6) is -0.117. The number of piperidine rings is 1. The number of carbonyl (C=O) groups is 2. The van der Waals surface area contributed by atoms with Gasteiger partial charge in [0.05, 0.1) is 12.2 Å². The number of thiazole rings is 1. The zero-order valence-corrected chi connectivity index (χ0v) is 14.9. The van der Waals surface area contributed by atoms with E-state index in [-0.39, 0.29) is 23.3 Å². The Kier molecular flexibility index (Phi) is 5.62. The highest BCUT2D eigenvalue weighted by atomic mass is 32.1. The molecule has 1 saturated heterocycles. The fraction of sp³-hybridized carbons (Fsp3) is 0.688. The molecule has 0 saturated carbocycles. The highest BCUT2D eigenvalue weighted by Crippen LogP contribution is 2.24. The number of hydrogen-bond acceptors (Lipinski definition) is 4. The fourth-order valence-corrected chi connectivity index (χ4v) is 3.66. The molecule has 128 valence electrons. The van der Waals surface area contributed by atoms with Crippen molar-refractivity contribution in [1.29, 1.82) is 0 Å². The van der Waals surface area contributed by atoms with Crippen molar-refractivity contribution in [2.24, 2.45) is 11.7 Å². The zero-order chi connectivity index (χ0) is 17.0. The second-order valence-electron chi connectivity index (χ2n) is 7.16. The Balaban J connectivity index is 1.84. The molecule has 0 unspecified atom stereocenters. The number of nitrogens with one attached hydrogen (secondary N) is 1. The summed E-state index contributed by atoms with van der Waals surface area (Å²) in [7, 11) is 0. The summed E-state index contributed by atoms with van der Waals surface area (Å²) in [6, 6.07) is -0.0910. The normalized spacial score (nSPS) is 18.7. The van der Waals surface area contributed by atoms with Crippen molar-refractivity contribution in [3.05, 3.63) is 16.1 Å². The smallest absolute Gasteiger partial charge is 0.317 e. The molecule has 7 heteroatoms. The van der Waals surface area contributed by atoms with E-state index in [0.717, 1.165) is 30.1 Å². The maximum Gasteiger partial charge on any atom is 0.317 e. The van der Waals surface area contributed by atoms with Crippen LogP contribution in [0.1, 0.15) is 50.7 Å². The van der Waals surface area contributed by atoms with Gasteiger partial charge in [-0.2, -0.15) is 0 Å². The van der Waals surface area contributed by atoms with Crippen LogP contribution in [-0.2, 0) is 16.8 Å². The summed E-state index contributed by atoms with van der Waals surface area (Å²) in [4.78, 5) is 29.7. The molecule has 0 aromatic carbocycles. The third-order valence-electron chi connectivity index (χ3n) is 4.01. The van der Waals surface area contributed by atoms with Crippen LogP contribution in [0.2, 0.25) is 0 Å². The van der Waals surface area contributed by atoms with Crippen molar-refractivity contribution in [1.82, 2.24) is 15.2 Å². The molecule has 1 aromatic rings. The molecule has 6 nitrogen and oxygen atoms in total. The molecule has 0 bridgehead atoms. The van der Waals surface area contributed by atoms with Gasteiger partial charge in [0.15, 0.2) is 0 Å². The molecule has 1 fully saturated rings. The largest absolute Gasteiger partial charge is 0.370 e. The van der Waals surface area contributed by atoms with Crippen molar-refractivity contribution in [3.63, 3.8) is 0 Å². The third-order valence-corrected chi connectivity index (χ3v) is 4.86. The number of aromatic nitrogens is 1. The Morgan fingerprint density at radius 3 is 2.83 bits per heavy atom. The molecule has 0 radical (unpaired) electrons. The van der Waals surface area contributed by atoms with Crippen LogP contribution in [0, 0.1) is 5.92 Å². The summed E-state index contributed by atoms with van der Waals surface area (Å²) in [6.07, 6.45) is 2.22. The monoisotopic (exact) mass is 338 g/mol. The molecule has 1 atom stereocenters. The van der Waals surface area contributed by atoms with Crippen LogP contribution in [0.4, 0.5) is 4.79 Å². The number of rotatable bonds is 4. The van der Waals surface area contributed by atoms with Crippen molar-refractivity contribution in [2.45, 2.75) is 52.0 Å². The number of hydrogen-bond donors (Lipinski definition) is 2. The van der Waals surface area contributed by atoms with Gasteiger partial charge in [-0.1, -0.05) is 20.8 Å². The maximum atomic E-state index is 12.3. The Bertz CT molecular complexity index is 565. The lowest BCUT2D eigenvalue weighted by atomic mass is 9.93. The lowest BCUT2D eigenvalue weighted by molar-refractivity contribution is -0.119.